The maximum absolute atomic E-state index is 11.2. The average Bonchev–Trinajstić information content (AvgIpc) is 1.27. The van der Waals surface area contributed by atoms with Crippen molar-refractivity contribution in [2.45, 2.75) is 6.11 Å². The van der Waals surface area contributed by atoms with Crippen molar-refractivity contribution in [1.29, 1.82) is 0 Å². The predicted octanol–water partition coefficient (Wildman–Crippen LogP) is 1.42. The van der Waals surface area contributed by atoms with E-state index in [1.54, 1.807) is 0 Å². The molecule has 0 aliphatic carbocycles. The molecular formula is C3HF3O. The van der Waals surface area contributed by atoms with E-state index < -0.39 is 12.1 Å². The van der Waals surface area contributed by atoms with Gasteiger partial charge in [-0.2, -0.15) is 13.2 Å². The molecule has 0 aromatic heterocycles. The maximum Gasteiger partial charge on any atom is 0.427 e. The van der Waals surface area contributed by atoms with E-state index in [4.69, 9.17) is 0 Å². The van der Waals surface area contributed by atoms with Gasteiger partial charge in [-0.15, -0.1) is 0 Å². The molecule has 1 nitrogen and oxygen atoms in total. The third kappa shape index (κ3) is 0.679. The molecule has 7 heavy (non-hydrogen) atoms. The van der Waals surface area contributed by atoms with E-state index in [0.717, 1.165) is 0 Å². The quantitative estimate of drug-likeness (QED) is 0.458. The number of hydrogen-bond acceptors (Lipinski definition) is 1. The van der Waals surface area contributed by atoms with Crippen molar-refractivity contribution in [3.05, 3.63) is 12.1 Å². The van der Waals surface area contributed by atoms with Crippen molar-refractivity contribution in [2.75, 3.05) is 0 Å². The first-order valence-electron chi connectivity index (χ1n) is 1.55. The molecule has 0 aromatic rings. The van der Waals surface area contributed by atoms with Crippen LogP contribution < -0.4 is 0 Å². The fraction of sp³-hybridized carbons (Fsp3) is 0.333. The second-order valence-corrected chi connectivity index (χ2v) is 1.11. The van der Waals surface area contributed by atoms with E-state index in [1.807, 2.05) is 0 Å². The zero-order chi connectivity index (χ0) is 5.49. The van der Waals surface area contributed by atoms with Gasteiger partial charge in [0.2, 0.25) is 0 Å². The van der Waals surface area contributed by atoms with Crippen molar-refractivity contribution in [2.24, 2.45) is 0 Å². The molecule has 0 aromatic carbocycles. The summed E-state index contributed by atoms with van der Waals surface area (Å²) in [7, 11) is 0. The van der Waals surface area contributed by atoms with Gasteiger partial charge in [0.25, 0.3) is 6.01 Å². The SMILES string of the molecule is FC1=CC(F)(F)O1. The Labute approximate surface area is 37.4 Å². The van der Waals surface area contributed by atoms with Gasteiger partial charge in [0.05, 0.1) is 0 Å². The fourth-order valence-corrected chi connectivity index (χ4v) is 0.263. The summed E-state index contributed by atoms with van der Waals surface area (Å²) in [5, 5.41) is 0. The van der Waals surface area contributed by atoms with Crippen molar-refractivity contribution in [1.82, 2.24) is 0 Å². The van der Waals surface area contributed by atoms with Gasteiger partial charge < -0.3 is 4.74 Å². The first-order chi connectivity index (χ1) is 3.10. The van der Waals surface area contributed by atoms with Gasteiger partial charge in [-0.25, -0.2) is 0 Å². The molecule has 0 amide bonds. The van der Waals surface area contributed by atoms with Crippen LogP contribution in [0.1, 0.15) is 0 Å². The molecular weight excluding hydrogens is 109 g/mol. The minimum absolute atomic E-state index is 0.104. The third-order valence-electron chi connectivity index (χ3n) is 0.515. The lowest BCUT2D eigenvalue weighted by atomic mass is 10.5. The first kappa shape index (κ1) is 4.49. The van der Waals surface area contributed by atoms with Crippen molar-refractivity contribution < 1.29 is 17.9 Å². The van der Waals surface area contributed by atoms with Gasteiger partial charge in [0, 0.05) is 0 Å². The molecule has 1 rings (SSSR count). The summed E-state index contributed by atoms with van der Waals surface area (Å²) in [6, 6.07) is -1.20. The zero-order valence-electron chi connectivity index (χ0n) is 3.12. The first-order valence-corrected chi connectivity index (χ1v) is 1.55. The fourth-order valence-electron chi connectivity index (χ4n) is 0.263. The molecule has 0 unspecified atom stereocenters. The Kier molecular flexibility index (Phi) is 0.600. The maximum atomic E-state index is 11.2. The van der Waals surface area contributed by atoms with Gasteiger partial charge in [0.1, 0.15) is 6.08 Å². The molecule has 1 aliphatic rings. The van der Waals surface area contributed by atoms with Crippen LogP contribution in [0, 0.1) is 0 Å². The van der Waals surface area contributed by atoms with Crippen molar-refractivity contribution >= 4 is 0 Å². The lowest BCUT2D eigenvalue weighted by Gasteiger charge is -2.19. The largest absolute Gasteiger partial charge is 0.427 e. The molecule has 0 radical (unpaired) electrons. The van der Waals surface area contributed by atoms with Gasteiger partial charge in [-0.3, -0.25) is 0 Å². The van der Waals surface area contributed by atoms with E-state index in [-0.39, 0.29) is 6.08 Å². The summed E-state index contributed by atoms with van der Waals surface area (Å²) >= 11 is 0. The van der Waals surface area contributed by atoms with Crippen molar-refractivity contribution in [3.8, 4) is 0 Å². The van der Waals surface area contributed by atoms with Crippen LogP contribution in [-0.4, -0.2) is 6.11 Å². The lowest BCUT2D eigenvalue weighted by Crippen LogP contribution is -2.25. The van der Waals surface area contributed by atoms with Crippen LogP contribution in [0.5, 0.6) is 0 Å². The monoisotopic (exact) mass is 110 g/mol. The van der Waals surface area contributed by atoms with Crippen LogP contribution in [0.3, 0.4) is 0 Å². The average molecular weight is 110 g/mol. The van der Waals surface area contributed by atoms with Crippen molar-refractivity contribution in [3.63, 3.8) is 0 Å². The Morgan fingerprint density at radius 1 is 1.57 bits per heavy atom. The Bertz CT molecular complexity index is 117. The third-order valence-corrected chi connectivity index (χ3v) is 0.515. The second kappa shape index (κ2) is 0.936. The molecule has 0 fully saturated rings. The minimum atomic E-state index is -3.34. The minimum Gasteiger partial charge on any atom is -0.403 e. The molecule has 1 heterocycles. The van der Waals surface area contributed by atoms with E-state index in [1.165, 1.54) is 0 Å². The molecule has 0 saturated heterocycles. The molecule has 0 spiro atoms. The number of hydrogen-bond donors (Lipinski definition) is 0. The van der Waals surface area contributed by atoms with Gasteiger partial charge in [-0.05, 0) is 0 Å². The van der Waals surface area contributed by atoms with Gasteiger partial charge in [-0.1, -0.05) is 0 Å². The summed E-state index contributed by atoms with van der Waals surface area (Å²) in [5.41, 5.74) is 0. The van der Waals surface area contributed by atoms with Crippen LogP contribution in [0.2, 0.25) is 0 Å². The number of alkyl halides is 2. The van der Waals surface area contributed by atoms with Crippen LogP contribution in [0.25, 0.3) is 0 Å². The molecule has 4 heteroatoms. The molecule has 1 aliphatic heterocycles. The van der Waals surface area contributed by atoms with E-state index in [0.29, 0.717) is 0 Å². The second-order valence-electron chi connectivity index (χ2n) is 1.11. The summed E-state index contributed by atoms with van der Waals surface area (Å²) in [4.78, 5) is 0. The van der Waals surface area contributed by atoms with Crippen LogP contribution in [-0.2, 0) is 4.74 Å². The Morgan fingerprint density at radius 2 is 2.00 bits per heavy atom. The molecule has 0 saturated carbocycles. The van der Waals surface area contributed by atoms with E-state index >= 15 is 0 Å². The summed E-state index contributed by atoms with van der Waals surface area (Å²) in [6.07, 6.45) is -3.24. The summed E-state index contributed by atoms with van der Waals surface area (Å²) in [5.74, 6) is 0. The molecule has 40 valence electrons. The zero-order valence-corrected chi connectivity index (χ0v) is 3.12. The Morgan fingerprint density at radius 3 is 2.00 bits per heavy atom. The Hall–Kier alpha value is -0.670. The molecule has 0 N–H and O–H groups in total. The number of ether oxygens (including phenoxy) is 1. The standard InChI is InChI=1S/C3HF3O/c4-2-1-3(5,6)7-2/h1H. The van der Waals surface area contributed by atoms with Gasteiger partial charge in [0.15, 0.2) is 0 Å². The highest BCUT2D eigenvalue weighted by molar-refractivity contribution is 5.00. The van der Waals surface area contributed by atoms with E-state index in [9.17, 15) is 13.2 Å². The highest BCUT2D eigenvalue weighted by atomic mass is 19.3. The number of halogens is 3. The lowest BCUT2D eigenvalue weighted by molar-refractivity contribution is -0.226. The highest BCUT2D eigenvalue weighted by Gasteiger charge is 2.40. The summed E-state index contributed by atoms with van der Waals surface area (Å²) in [6.45, 7) is 0. The predicted molar refractivity (Wildman–Crippen MR) is 15.2 cm³/mol. The Balaban J connectivity index is 2.60. The number of rotatable bonds is 0. The van der Waals surface area contributed by atoms with Crippen LogP contribution >= 0.6 is 0 Å². The topological polar surface area (TPSA) is 9.23 Å². The van der Waals surface area contributed by atoms with Crippen LogP contribution in [0.15, 0.2) is 12.1 Å². The van der Waals surface area contributed by atoms with Gasteiger partial charge >= 0.3 is 6.11 Å². The summed E-state index contributed by atoms with van der Waals surface area (Å²) < 4.78 is 36.9. The van der Waals surface area contributed by atoms with E-state index in [2.05, 4.69) is 4.74 Å². The highest BCUT2D eigenvalue weighted by Crippen LogP contribution is 2.31. The smallest absolute Gasteiger partial charge is 0.403 e. The van der Waals surface area contributed by atoms with Crippen LogP contribution in [0.4, 0.5) is 13.2 Å². The normalized spacial score (nSPS) is 24.7. The molecule has 0 bridgehead atoms. The molecule has 0 atom stereocenters.